The molecule has 1 amide bonds. The zero-order chi connectivity index (χ0) is 17.9. The van der Waals surface area contributed by atoms with Gasteiger partial charge in [0.2, 0.25) is 0 Å². The van der Waals surface area contributed by atoms with Crippen LogP contribution in [-0.4, -0.2) is 32.9 Å². The predicted molar refractivity (Wildman–Crippen MR) is 103 cm³/mol. The summed E-state index contributed by atoms with van der Waals surface area (Å²) in [6.07, 6.45) is 2.87. The normalized spacial score (nSPS) is 20.0. The fourth-order valence-electron chi connectivity index (χ4n) is 3.33. The first-order chi connectivity index (χ1) is 12.7. The van der Waals surface area contributed by atoms with Crippen LogP contribution in [0.4, 0.5) is 0 Å². The molecule has 1 aromatic carbocycles. The number of nitrogens with zero attached hydrogens (tertiary/aromatic N) is 2. The molecular formula is C20H21N3O2S. The molecule has 0 atom stereocenters. The van der Waals surface area contributed by atoms with Gasteiger partial charge in [0.1, 0.15) is 11.4 Å². The largest absolute Gasteiger partial charge is 0.393 e. The van der Waals surface area contributed by atoms with Crippen LogP contribution < -0.4 is 5.32 Å². The summed E-state index contributed by atoms with van der Waals surface area (Å²) >= 11 is 1.61. The Kier molecular flexibility index (Phi) is 4.86. The van der Waals surface area contributed by atoms with Crippen LogP contribution in [0.25, 0.3) is 16.3 Å². The van der Waals surface area contributed by atoms with Gasteiger partial charge in [-0.2, -0.15) is 5.10 Å². The monoisotopic (exact) mass is 367 g/mol. The maximum absolute atomic E-state index is 12.9. The summed E-state index contributed by atoms with van der Waals surface area (Å²) in [6.45, 7) is 0. The Hall–Kier alpha value is -2.44. The average molecular weight is 367 g/mol. The first-order valence-electron chi connectivity index (χ1n) is 8.89. The molecule has 0 unspecified atom stereocenters. The second-order valence-corrected chi connectivity index (χ2v) is 7.57. The molecule has 4 rings (SSSR count). The number of rotatable bonds is 4. The van der Waals surface area contributed by atoms with Crippen molar-refractivity contribution in [2.75, 3.05) is 0 Å². The summed E-state index contributed by atoms with van der Waals surface area (Å²) in [5, 5.41) is 19.5. The summed E-state index contributed by atoms with van der Waals surface area (Å²) in [5.41, 5.74) is 2.19. The molecule has 1 aliphatic carbocycles. The summed E-state index contributed by atoms with van der Waals surface area (Å²) in [7, 11) is 0. The molecular weight excluding hydrogens is 346 g/mol. The van der Waals surface area contributed by atoms with E-state index in [2.05, 4.69) is 10.4 Å². The zero-order valence-corrected chi connectivity index (χ0v) is 15.2. The molecule has 1 saturated carbocycles. The second kappa shape index (κ2) is 7.43. The number of hydrogen-bond donors (Lipinski definition) is 2. The lowest BCUT2D eigenvalue weighted by molar-refractivity contribution is 0.0860. The van der Waals surface area contributed by atoms with Crippen molar-refractivity contribution < 1.29 is 9.90 Å². The molecule has 0 bridgehead atoms. The fraction of sp³-hybridized carbons (Fsp3) is 0.300. The number of thiophene rings is 1. The van der Waals surface area contributed by atoms with Gasteiger partial charge < -0.3 is 10.4 Å². The maximum Gasteiger partial charge on any atom is 0.270 e. The molecule has 6 heteroatoms. The zero-order valence-electron chi connectivity index (χ0n) is 14.3. The Morgan fingerprint density at radius 1 is 1.12 bits per heavy atom. The third-order valence-corrected chi connectivity index (χ3v) is 5.64. The topological polar surface area (TPSA) is 67.2 Å². The number of aliphatic hydroxyl groups excluding tert-OH is 1. The quantitative estimate of drug-likeness (QED) is 0.740. The number of nitrogens with one attached hydrogen (secondary N) is 1. The lowest BCUT2D eigenvalue weighted by Gasteiger charge is -2.26. The van der Waals surface area contributed by atoms with Crippen LogP contribution in [0.2, 0.25) is 0 Å². The second-order valence-electron chi connectivity index (χ2n) is 6.62. The fourth-order valence-corrected chi connectivity index (χ4v) is 4.01. The van der Waals surface area contributed by atoms with Crippen LogP contribution in [0.1, 0.15) is 36.2 Å². The number of carbonyl (C=O) groups excluding carboxylic acids is 1. The Balaban J connectivity index is 1.64. The minimum absolute atomic E-state index is 0.107. The van der Waals surface area contributed by atoms with E-state index in [0.717, 1.165) is 41.9 Å². The van der Waals surface area contributed by atoms with Gasteiger partial charge in [-0.1, -0.05) is 24.3 Å². The molecule has 5 nitrogen and oxygen atoms in total. The number of aliphatic hydroxyl groups is 1. The number of amides is 1. The maximum atomic E-state index is 12.9. The van der Waals surface area contributed by atoms with Crippen molar-refractivity contribution in [2.45, 2.75) is 37.8 Å². The van der Waals surface area contributed by atoms with Crippen molar-refractivity contribution in [3.63, 3.8) is 0 Å². The standard InChI is InChI=1S/C20H21N3O2S/c24-16-10-8-14(9-11-16)21-20(25)18-13-17(19-7-4-12-26-19)22-23(18)15-5-2-1-3-6-15/h1-7,12-14,16,24H,8-11H2,(H,21,25). The van der Waals surface area contributed by atoms with E-state index in [9.17, 15) is 9.90 Å². The molecule has 0 aliphatic heterocycles. The molecule has 1 fully saturated rings. The van der Waals surface area contributed by atoms with E-state index in [-0.39, 0.29) is 18.1 Å². The lowest BCUT2D eigenvalue weighted by Crippen LogP contribution is -2.39. The highest BCUT2D eigenvalue weighted by molar-refractivity contribution is 7.13. The highest BCUT2D eigenvalue weighted by atomic mass is 32.1. The van der Waals surface area contributed by atoms with Crippen molar-refractivity contribution in [3.05, 3.63) is 59.6 Å². The summed E-state index contributed by atoms with van der Waals surface area (Å²) < 4.78 is 1.71. The van der Waals surface area contributed by atoms with E-state index in [1.54, 1.807) is 16.0 Å². The van der Waals surface area contributed by atoms with Crippen molar-refractivity contribution in [1.29, 1.82) is 0 Å². The molecule has 0 radical (unpaired) electrons. The SMILES string of the molecule is O=C(NC1CCC(O)CC1)c1cc(-c2cccs2)nn1-c1ccccc1. The third kappa shape index (κ3) is 3.57. The van der Waals surface area contributed by atoms with Crippen molar-refractivity contribution in [3.8, 4) is 16.3 Å². The predicted octanol–water partition coefficient (Wildman–Crippen LogP) is 3.63. The van der Waals surface area contributed by atoms with Gasteiger partial charge in [-0.25, -0.2) is 4.68 Å². The van der Waals surface area contributed by atoms with Crippen LogP contribution >= 0.6 is 11.3 Å². The molecule has 3 aromatic rings. The summed E-state index contributed by atoms with van der Waals surface area (Å²) in [4.78, 5) is 14.0. The van der Waals surface area contributed by atoms with Crippen LogP contribution in [0.3, 0.4) is 0 Å². The molecule has 0 spiro atoms. The molecule has 134 valence electrons. The molecule has 0 saturated heterocycles. The van der Waals surface area contributed by atoms with Crippen LogP contribution in [0.15, 0.2) is 53.9 Å². The van der Waals surface area contributed by atoms with E-state index < -0.39 is 0 Å². The summed E-state index contributed by atoms with van der Waals surface area (Å²) in [5.74, 6) is -0.120. The average Bonchev–Trinajstić information content (AvgIpc) is 3.34. The minimum atomic E-state index is -0.233. The van der Waals surface area contributed by atoms with Gasteiger partial charge in [-0.15, -0.1) is 11.3 Å². The molecule has 2 aromatic heterocycles. The highest BCUT2D eigenvalue weighted by Gasteiger charge is 2.24. The highest BCUT2D eigenvalue weighted by Crippen LogP contribution is 2.26. The van der Waals surface area contributed by atoms with Gasteiger partial charge >= 0.3 is 0 Å². The van der Waals surface area contributed by atoms with E-state index in [1.807, 2.05) is 53.9 Å². The number of hydrogen-bond acceptors (Lipinski definition) is 4. The number of carbonyl (C=O) groups is 1. The van der Waals surface area contributed by atoms with Crippen molar-refractivity contribution >= 4 is 17.2 Å². The molecule has 26 heavy (non-hydrogen) atoms. The van der Waals surface area contributed by atoms with E-state index >= 15 is 0 Å². The Morgan fingerprint density at radius 3 is 2.58 bits per heavy atom. The Bertz CT molecular complexity index is 866. The first kappa shape index (κ1) is 17.0. The molecule has 2 heterocycles. The van der Waals surface area contributed by atoms with Gasteiger partial charge in [0, 0.05) is 6.04 Å². The van der Waals surface area contributed by atoms with Crippen LogP contribution in [0, 0.1) is 0 Å². The van der Waals surface area contributed by atoms with E-state index in [4.69, 9.17) is 0 Å². The number of para-hydroxylation sites is 1. The van der Waals surface area contributed by atoms with Gasteiger partial charge in [-0.3, -0.25) is 4.79 Å². The molecule has 2 N–H and O–H groups in total. The van der Waals surface area contributed by atoms with E-state index in [1.165, 1.54) is 0 Å². The van der Waals surface area contributed by atoms with Crippen LogP contribution in [0.5, 0.6) is 0 Å². The van der Waals surface area contributed by atoms with Gasteiger partial charge in [-0.05, 0) is 55.3 Å². The van der Waals surface area contributed by atoms with E-state index in [0.29, 0.717) is 5.69 Å². The van der Waals surface area contributed by atoms with Gasteiger partial charge in [0.05, 0.1) is 16.7 Å². The molecule has 1 aliphatic rings. The van der Waals surface area contributed by atoms with Gasteiger partial charge in [0.25, 0.3) is 5.91 Å². The van der Waals surface area contributed by atoms with Gasteiger partial charge in [0.15, 0.2) is 0 Å². The van der Waals surface area contributed by atoms with Crippen molar-refractivity contribution in [2.24, 2.45) is 0 Å². The first-order valence-corrected chi connectivity index (χ1v) is 9.77. The third-order valence-electron chi connectivity index (χ3n) is 4.75. The Labute approximate surface area is 156 Å². The minimum Gasteiger partial charge on any atom is -0.393 e. The van der Waals surface area contributed by atoms with Crippen LogP contribution in [-0.2, 0) is 0 Å². The number of aromatic nitrogens is 2. The Morgan fingerprint density at radius 2 is 1.88 bits per heavy atom. The van der Waals surface area contributed by atoms with Crippen molar-refractivity contribution in [1.82, 2.24) is 15.1 Å². The summed E-state index contributed by atoms with van der Waals surface area (Å²) in [6, 6.07) is 15.7. The smallest absolute Gasteiger partial charge is 0.270 e. The number of benzene rings is 1. The lowest BCUT2D eigenvalue weighted by atomic mass is 9.93.